The van der Waals surface area contributed by atoms with Gasteiger partial charge in [0, 0.05) is 12.2 Å². The van der Waals surface area contributed by atoms with Crippen LogP contribution >= 0.6 is 0 Å². The van der Waals surface area contributed by atoms with Gasteiger partial charge in [-0.05, 0) is 30.9 Å². The molecule has 1 heterocycles. The van der Waals surface area contributed by atoms with E-state index in [-0.39, 0.29) is 6.61 Å². The molecule has 1 aromatic rings. The number of aromatic nitrogens is 1. The number of aliphatic hydroxyl groups is 1. The predicted molar refractivity (Wildman–Crippen MR) is 51.8 cm³/mol. The number of aliphatic hydroxyl groups excluding tert-OH is 1. The smallest absolute Gasteiger partial charge is 0.126 e. The van der Waals surface area contributed by atoms with Crippen molar-refractivity contribution in [2.24, 2.45) is 0 Å². The Kier molecular flexibility index (Phi) is 2.45. The molecule has 0 unspecified atom stereocenters. The first kappa shape index (κ1) is 8.51. The summed E-state index contributed by atoms with van der Waals surface area (Å²) in [6, 6.07) is 4.12. The number of rotatable bonds is 3. The molecule has 0 aromatic carbocycles. The van der Waals surface area contributed by atoms with Crippen LogP contribution in [0.3, 0.4) is 0 Å². The molecule has 0 spiro atoms. The van der Waals surface area contributed by atoms with Crippen LogP contribution in [0.5, 0.6) is 0 Å². The SMILES string of the molecule is OCCNc1ccc2c(n1)CCC2. The lowest BCUT2D eigenvalue weighted by Crippen LogP contribution is -2.07. The molecule has 0 bridgehead atoms. The quantitative estimate of drug-likeness (QED) is 0.725. The number of hydrogen-bond donors (Lipinski definition) is 2. The third-order valence-corrected chi connectivity index (χ3v) is 2.35. The molecule has 2 rings (SSSR count). The second-order valence-corrected chi connectivity index (χ2v) is 3.31. The number of fused-ring (bicyclic) bond motifs is 1. The van der Waals surface area contributed by atoms with Crippen molar-refractivity contribution < 1.29 is 5.11 Å². The van der Waals surface area contributed by atoms with E-state index in [1.54, 1.807) is 0 Å². The molecule has 13 heavy (non-hydrogen) atoms. The summed E-state index contributed by atoms with van der Waals surface area (Å²) in [6.07, 6.45) is 3.50. The van der Waals surface area contributed by atoms with E-state index in [4.69, 9.17) is 5.11 Å². The van der Waals surface area contributed by atoms with Crippen molar-refractivity contribution in [3.05, 3.63) is 23.4 Å². The van der Waals surface area contributed by atoms with Crippen LogP contribution in [0, 0.1) is 0 Å². The van der Waals surface area contributed by atoms with Gasteiger partial charge in [0.25, 0.3) is 0 Å². The third-order valence-electron chi connectivity index (χ3n) is 2.35. The zero-order chi connectivity index (χ0) is 9.10. The largest absolute Gasteiger partial charge is 0.395 e. The number of aryl methyl sites for hydroxylation is 2. The van der Waals surface area contributed by atoms with Crippen molar-refractivity contribution in [1.29, 1.82) is 0 Å². The molecule has 0 saturated carbocycles. The molecule has 0 radical (unpaired) electrons. The third kappa shape index (κ3) is 1.80. The van der Waals surface area contributed by atoms with Crippen molar-refractivity contribution >= 4 is 5.82 Å². The Hall–Kier alpha value is -1.09. The van der Waals surface area contributed by atoms with Gasteiger partial charge in [-0.1, -0.05) is 6.07 Å². The van der Waals surface area contributed by atoms with Gasteiger partial charge in [0.2, 0.25) is 0 Å². The highest BCUT2D eigenvalue weighted by Gasteiger charge is 2.11. The van der Waals surface area contributed by atoms with Crippen LogP contribution in [0.15, 0.2) is 12.1 Å². The van der Waals surface area contributed by atoms with E-state index in [2.05, 4.69) is 16.4 Å². The lowest BCUT2D eigenvalue weighted by atomic mass is 10.2. The Morgan fingerprint density at radius 2 is 2.31 bits per heavy atom. The van der Waals surface area contributed by atoms with Crippen LogP contribution in [-0.4, -0.2) is 23.2 Å². The molecule has 1 aromatic heterocycles. The molecule has 1 aliphatic rings. The topological polar surface area (TPSA) is 45.1 Å². The van der Waals surface area contributed by atoms with Gasteiger partial charge >= 0.3 is 0 Å². The zero-order valence-corrected chi connectivity index (χ0v) is 7.58. The fourth-order valence-corrected chi connectivity index (χ4v) is 1.70. The number of nitrogens with one attached hydrogen (secondary N) is 1. The molecular weight excluding hydrogens is 164 g/mol. The average Bonchev–Trinajstić information content (AvgIpc) is 2.61. The molecular formula is C10H14N2O. The molecule has 1 aliphatic carbocycles. The molecule has 0 atom stereocenters. The Morgan fingerprint density at radius 3 is 3.15 bits per heavy atom. The second kappa shape index (κ2) is 3.75. The van der Waals surface area contributed by atoms with Gasteiger partial charge in [-0.25, -0.2) is 4.98 Å². The zero-order valence-electron chi connectivity index (χ0n) is 7.58. The van der Waals surface area contributed by atoms with Crippen molar-refractivity contribution in [2.75, 3.05) is 18.5 Å². The number of nitrogens with zero attached hydrogens (tertiary/aromatic N) is 1. The summed E-state index contributed by atoms with van der Waals surface area (Å²) >= 11 is 0. The van der Waals surface area contributed by atoms with E-state index in [9.17, 15) is 0 Å². The summed E-state index contributed by atoms with van der Waals surface area (Å²) in [7, 11) is 0. The summed E-state index contributed by atoms with van der Waals surface area (Å²) < 4.78 is 0. The molecule has 0 aliphatic heterocycles. The van der Waals surface area contributed by atoms with E-state index >= 15 is 0 Å². The fraction of sp³-hybridized carbons (Fsp3) is 0.500. The molecule has 0 saturated heterocycles. The van der Waals surface area contributed by atoms with Gasteiger partial charge in [0.15, 0.2) is 0 Å². The van der Waals surface area contributed by atoms with E-state index in [0.717, 1.165) is 12.2 Å². The fourth-order valence-electron chi connectivity index (χ4n) is 1.70. The van der Waals surface area contributed by atoms with Crippen molar-refractivity contribution in [3.8, 4) is 0 Å². The van der Waals surface area contributed by atoms with Gasteiger partial charge in [-0.2, -0.15) is 0 Å². The van der Waals surface area contributed by atoms with E-state index < -0.39 is 0 Å². The molecule has 3 heteroatoms. The second-order valence-electron chi connectivity index (χ2n) is 3.31. The van der Waals surface area contributed by atoms with Crippen LogP contribution in [0.4, 0.5) is 5.82 Å². The lowest BCUT2D eigenvalue weighted by Gasteiger charge is -2.05. The van der Waals surface area contributed by atoms with E-state index in [0.29, 0.717) is 6.54 Å². The number of pyridine rings is 1. The molecule has 70 valence electrons. The number of anilines is 1. The van der Waals surface area contributed by atoms with Crippen LogP contribution in [0.1, 0.15) is 17.7 Å². The Balaban J connectivity index is 2.12. The van der Waals surface area contributed by atoms with Crippen LogP contribution in [0.2, 0.25) is 0 Å². The van der Waals surface area contributed by atoms with Crippen molar-refractivity contribution in [2.45, 2.75) is 19.3 Å². The van der Waals surface area contributed by atoms with Gasteiger partial charge < -0.3 is 10.4 Å². The summed E-state index contributed by atoms with van der Waals surface area (Å²) in [5.74, 6) is 0.884. The maximum atomic E-state index is 8.63. The first-order valence-electron chi connectivity index (χ1n) is 4.73. The summed E-state index contributed by atoms with van der Waals surface area (Å²) in [5, 5.41) is 11.7. The predicted octanol–water partition coefficient (Wildman–Crippen LogP) is 0.974. The van der Waals surface area contributed by atoms with Crippen LogP contribution < -0.4 is 5.32 Å². The summed E-state index contributed by atoms with van der Waals surface area (Å²) in [4.78, 5) is 4.47. The van der Waals surface area contributed by atoms with Crippen LogP contribution in [0.25, 0.3) is 0 Å². The Labute approximate surface area is 77.8 Å². The maximum Gasteiger partial charge on any atom is 0.126 e. The highest BCUT2D eigenvalue weighted by atomic mass is 16.3. The normalized spacial score (nSPS) is 14.2. The van der Waals surface area contributed by atoms with Gasteiger partial charge in [-0.15, -0.1) is 0 Å². The minimum Gasteiger partial charge on any atom is -0.395 e. The Bertz CT molecular complexity index is 299. The lowest BCUT2D eigenvalue weighted by molar-refractivity contribution is 0.311. The summed E-state index contributed by atoms with van der Waals surface area (Å²) in [5.41, 5.74) is 2.61. The van der Waals surface area contributed by atoms with Gasteiger partial charge in [-0.3, -0.25) is 0 Å². The monoisotopic (exact) mass is 178 g/mol. The maximum absolute atomic E-state index is 8.63. The Morgan fingerprint density at radius 1 is 1.38 bits per heavy atom. The minimum absolute atomic E-state index is 0.152. The molecule has 2 N–H and O–H groups in total. The summed E-state index contributed by atoms with van der Waals surface area (Å²) in [6.45, 7) is 0.727. The first-order valence-corrected chi connectivity index (χ1v) is 4.73. The standard InChI is InChI=1S/C10H14N2O/c13-7-6-11-10-5-4-8-2-1-3-9(8)12-10/h4-5,13H,1-3,6-7H2,(H,11,12). The highest BCUT2D eigenvalue weighted by molar-refractivity contribution is 5.40. The highest BCUT2D eigenvalue weighted by Crippen LogP contribution is 2.21. The van der Waals surface area contributed by atoms with Crippen LogP contribution in [-0.2, 0) is 12.8 Å². The number of hydrogen-bond acceptors (Lipinski definition) is 3. The average molecular weight is 178 g/mol. The minimum atomic E-state index is 0.152. The van der Waals surface area contributed by atoms with E-state index in [1.165, 1.54) is 24.1 Å². The molecule has 0 amide bonds. The molecule has 3 nitrogen and oxygen atoms in total. The van der Waals surface area contributed by atoms with E-state index in [1.807, 2.05) is 6.07 Å². The van der Waals surface area contributed by atoms with Gasteiger partial charge in [0.1, 0.15) is 5.82 Å². The van der Waals surface area contributed by atoms with Crippen molar-refractivity contribution in [3.63, 3.8) is 0 Å². The van der Waals surface area contributed by atoms with Gasteiger partial charge in [0.05, 0.1) is 6.61 Å². The van der Waals surface area contributed by atoms with Crippen molar-refractivity contribution in [1.82, 2.24) is 4.98 Å². The molecule has 0 fully saturated rings. The first-order chi connectivity index (χ1) is 6.40.